The topological polar surface area (TPSA) is 47.9 Å². The fraction of sp³-hybridized carbons (Fsp3) is 0.429. The lowest BCUT2D eigenvalue weighted by atomic mass is 9.75. The molecule has 0 aliphatic heterocycles. The minimum Gasteiger partial charge on any atom is -0.492 e. The summed E-state index contributed by atoms with van der Waals surface area (Å²) in [5, 5.41) is 4.15. The van der Waals surface area contributed by atoms with Gasteiger partial charge in [0.1, 0.15) is 19.0 Å². The SMILES string of the molecule is C=CCON=C(CC)C1=C(OCc2ccccc2)CC(C)(C)CC1=O. The van der Waals surface area contributed by atoms with E-state index in [0.717, 1.165) is 5.56 Å². The molecule has 2 rings (SSSR count). The van der Waals surface area contributed by atoms with Gasteiger partial charge in [0.25, 0.3) is 0 Å². The van der Waals surface area contributed by atoms with Crippen molar-refractivity contribution in [3.63, 3.8) is 0 Å². The van der Waals surface area contributed by atoms with Gasteiger partial charge in [0.15, 0.2) is 5.78 Å². The molecule has 0 atom stereocenters. The Hall–Kier alpha value is -2.36. The number of oxime groups is 1. The van der Waals surface area contributed by atoms with Crippen LogP contribution in [-0.4, -0.2) is 18.1 Å². The van der Waals surface area contributed by atoms with Crippen LogP contribution >= 0.6 is 0 Å². The second-order valence-corrected chi connectivity index (χ2v) is 6.99. The lowest BCUT2D eigenvalue weighted by Gasteiger charge is -2.32. The number of allylic oxidation sites excluding steroid dienone is 2. The van der Waals surface area contributed by atoms with Gasteiger partial charge < -0.3 is 9.57 Å². The zero-order valence-corrected chi connectivity index (χ0v) is 15.4. The number of hydrogen-bond acceptors (Lipinski definition) is 4. The van der Waals surface area contributed by atoms with E-state index in [1.807, 2.05) is 37.3 Å². The van der Waals surface area contributed by atoms with E-state index >= 15 is 0 Å². The summed E-state index contributed by atoms with van der Waals surface area (Å²) in [6.45, 7) is 10.5. The van der Waals surface area contributed by atoms with E-state index in [1.54, 1.807) is 6.08 Å². The van der Waals surface area contributed by atoms with Crippen molar-refractivity contribution in [1.82, 2.24) is 0 Å². The molecule has 134 valence electrons. The Morgan fingerprint density at radius 3 is 2.64 bits per heavy atom. The number of carbonyl (C=O) groups excluding carboxylic acids is 1. The Labute approximate surface area is 150 Å². The van der Waals surface area contributed by atoms with E-state index in [2.05, 4.69) is 25.6 Å². The summed E-state index contributed by atoms with van der Waals surface area (Å²) in [6.07, 6.45) is 3.43. The molecule has 4 nitrogen and oxygen atoms in total. The third kappa shape index (κ3) is 5.31. The average Bonchev–Trinajstić information content (AvgIpc) is 2.58. The number of nitrogens with zero attached hydrogens (tertiary/aromatic N) is 1. The monoisotopic (exact) mass is 341 g/mol. The largest absolute Gasteiger partial charge is 0.492 e. The van der Waals surface area contributed by atoms with Crippen LogP contribution in [0.3, 0.4) is 0 Å². The van der Waals surface area contributed by atoms with Gasteiger partial charge in [-0.1, -0.05) is 68.9 Å². The third-order valence-corrected chi connectivity index (χ3v) is 4.08. The first kappa shape index (κ1) is 19.0. The second-order valence-electron chi connectivity index (χ2n) is 6.99. The average molecular weight is 341 g/mol. The van der Waals surface area contributed by atoms with Crippen LogP contribution in [0.5, 0.6) is 0 Å². The number of hydrogen-bond donors (Lipinski definition) is 0. The number of Topliss-reactive ketones (excluding diaryl/α,β-unsaturated/α-hetero) is 1. The van der Waals surface area contributed by atoms with Gasteiger partial charge in [-0.2, -0.15) is 0 Å². The van der Waals surface area contributed by atoms with Crippen LogP contribution in [0.4, 0.5) is 0 Å². The summed E-state index contributed by atoms with van der Waals surface area (Å²) in [5.41, 5.74) is 2.18. The predicted molar refractivity (Wildman–Crippen MR) is 100 cm³/mol. The van der Waals surface area contributed by atoms with Crippen LogP contribution in [-0.2, 0) is 21.0 Å². The Balaban J connectivity index is 2.31. The summed E-state index contributed by atoms with van der Waals surface area (Å²) in [6, 6.07) is 9.95. The van der Waals surface area contributed by atoms with Crippen molar-refractivity contribution in [1.29, 1.82) is 0 Å². The van der Waals surface area contributed by atoms with Crippen LogP contribution in [0.2, 0.25) is 0 Å². The van der Waals surface area contributed by atoms with Gasteiger partial charge in [0, 0.05) is 12.8 Å². The summed E-state index contributed by atoms with van der Waals surface area (Å²) in [5.74, 6) is 0.787. The minimum atomic E-state index is -0.118. The van der Waals surface area contributed by atoms with Gasteiger partial charge in [-0.05, 0) is 17.4 Å². The fourth-order valence-electron chi connectivity index (χ4n) is 2.91. The zero-order chi connectivity index (χ0) is 18.3. The first-order valence-electron chi connectivity index (χ1n) is 8.70. The molecule has 1 aromatic carbocycles. The Morgan fingerprint density at radius 2 is 2.00 bits per heavy atom. The van der Waals surface area contributed by atoms with Gasteiger partial charge in [-0.25, -0.2) is 0 Å². The number of benzene rings is 1. The van der Waals surface area contributed by atoms with Crippen molar-refractivity contribution >= 4 is 11.5 Å². The van der Waals surface area contributed by atoms with Gasteiger partial charge in [0.2, 0.25) is 0 Å². The lowest BCUT2D eigenvalue weighted by molar-refractivity contribution is -0.118. The molecule has 1 aliphatic rings. The highest BCUT2D eigenvalue weighted by atomic mass is 16.6. The van der Waals surface area contributed by atoms with Crippen molar-refractivity contribution in [2.75, 3.05) is 6.61 Å². The molecule has 0 aromatic heterocycles. The summed E-state index contributed by atoms with van der Waals surface area (Å²) in [4.78, 5) is 18.0. The molecule has 0 bridgehead atoms. The smallest absolute Gasteiger partial charge is 0.168 e. The molecule has 0 spiro atoms. The van der Waals surface area contributed by atoms with Gasteiger partial charge >= 0.3 is 0 Å². The highest BCUT2D eigenvalue weighted by Crippen LogP contribution is 2.38. The Bertz CT molecular complexity index is 672. The summed E-state index contributed by atoms with van der Waals surface area (Å²) >= 11 is 0. The molecule has 0 radical (unpaired) electrons. The quantitative estimate of drug-likeness (QED) is 0.295. The number of ketones is 1. The van der Waals surface area contributed by atoms with E-state index < -0.39 is 0 Å². The molecule has 4 heteroatoms. The first-order valence-corrected chi connectivity index (χ1v) is 8.70. The van der Waals surface area contributed by atoms with E-state index in [1.165, 1.54) is 0 Å². The lowest BCUT2D eigenvalue weighted by Crippen LogP contribution is -2.30. The molecule has 1 aliphatic carbocycles. The standard InChI is InChI=1S/C21H27NO3/c1-5-12-25-22-17(6-2)20-18(23)13-21(3,4)14-19(20)24-15-16-10-8-7-9-11-16/h5,7-11H,1,6,12-15H2,2-4H3. The first-order chi connectivity index (χ1) is 12.0. The van der Waals surface area contributed by atoms with Crippen LogP contribution in [0, 0.1) is 5.41 Å². The van der Waals surface area contributed by atoms with Gasteiger partial charge in [-0.3, -0.25) is 4.79 Å². The minimum absolute atomic E-state index is 0.0714. The summed E-state index contributed by atoms with van der Waals surface area (Å²) in [7, 11) is 0. The highest BCUT2D eigenvalue weighted by Gasteiger charge is 2.36. The molecule has 0 amide bonds. The molecular formula is C21H27NO3. The van der Waals surface area contributed by atoms with Gasteiger partial charge in [0.05, 0.1) is 11.3 Å². The maximum absolute atomic E-state index is 12.8. The van der Waals surface area contributed by atoms with E-state index in [9.17, 15) is 4.79 Å². The number of ether oxygens (including phenoxy) is 1. The predicted octanol–water partition coefficient (Wildman–Crippen LogP) is 4.82. The zero-order valence-electron chi connectivity index (χ0n) is 15.4. The van der Waals surface area contributed by atoms with Crippen LogP contribution in [0.25, 0.3) is 0 Å². The molecular weight excluding hydrogens is 314 g/mol. The van der Waals surface area contributed by atoms with Crippen molar-refractivity contribution in [3.05, 3.63) is 59.9 Å². The number of carbonyl (C=O) groups is 1. The van der Waals surface area contributed by atoms with E-state index in [4.69, 9.17) is 9.57 Å². The summed E-state index contributed by atoms with van der Waals surface area (Å²) < 4.78 is 6.08. The Morgan fingerprint density at radius 1 is 1.28 bits per heavy atom. The van der Waals surface area contributed by atoms with Crippen molar-refractivity contribution in [3.8, 4) is 0 Å². The molecule has 0 heterocycles. The van der Waals surface area contributed by atoms with Crippen LogP contribution in [0.1, 0.15) is 45.6 Å². The molecule has 0 fully saturated rings. The maximum Gasteiger partial charge on any atom is 0.168 e. The molecule has 0 saturated heterocycles. The van der Waals surface area contributed by atoms with Crippen molar-refractivity contribution in [2.24, 2.45) is 10.6 Å². The molecule has 0 saturated carbocycles. The highest BCUT2D eigenvalue weighted by molar-refractivity contribution is 6.23. The number of rotatable bonds is 8. The van der Waals surface area contributed by atoms with Gasteiger partial charge in [-0.15, -0.1) is 0 Å². The second kappa shape index (κ2) is 8.65. The molecule has 0 N–H and O–H groups in total. The van der Waals surface area contributed by atoms with E-state index in [0.29, 0.717) is 49.5 Å². The van der Waals surface area contributed by atoms with Crippen molar-refractivity contribution in [2.45, 2.75) is 46.6 Å². The fourth-order valence-corrected chi connectivity index (χ4v) is 2.91. The van der Waals surface area contributed by atoms with Crippen LogP contribution < -0.4 is 0 Å². The Kier molecular flexibility index (Phi) is 6.57. The molecule has 0 unspecified atom stereocenters. The van der Waals surface area contributed by atoms with Crippen LogP contribution in [0.15, 0.2) is 59.5 Å². The third-order valence-electron chi connectivity index (χ3n) is 4.08. The molecule has 1 aromatic rings. The van der Waals surface area contributed by atoms with Crippen molar-refractivity contribution < 1.29 is 14.4 Å². The molecule has 25 heavy (non-hydrogen) atoms. The normalized spacial score (nSPS) is 17.4. The van der Waals surface area contributed by atoms with E-state index in [-0.39, 0.29) is 11.2 Å². The maximum atomic E-state index is 12.8.